The summed E-state index contributed by atoms with van der Waals surface area (Å²) in [5.41, 5.74) is 1.03. The summed E-state index contributed by atoms with van der Waals surface area (Å²) in [7, 11) is 4.09. The fourth-order valence-electron chi connectivity index (χ4n) is 1.96. The average molecular weight is 344 g/mol. The van der Waals surface area contributed by atoms with Crippen molar-refractivity contribution in [1.29, 1.82) is 0 Å². The Labute approximate surface area is 128 Å². The Morgan fingerprint density at radius 2 is 2.05 bits per heavy atom. The Kier molecular flexibility index (Phi) is 6.58. The molecule has 0 aliphatic carbocycles. The van der Waals surface area contributed by atoms with E-state index in [4.69, 9.17) is 0 Å². The minimum absolute atomic E-state index is 0.109. The Morgan fingerprint density at radius 1 is 1.40 bits per heavy atom. The van der Waals surface area contributed by atoms with E-state index in [-0.39, 0.29) is 10.6 Å². The van der Waals surface area contributed by atoms with Gasteiger partial charge in [-0.05, 0) is 47.6 Å². The molecule has 1 aromatic rings. The van der Waals surface area contributed by atoms with Crippen molar-refractivity contribution in [3.05, 3.63) is 38.3 Å². The predicted molar refractivity (Wildman–Crippen MR) is 84.8 cm³/mol. The fourth-order valence-corrected chi connectivity index (χ4v) is 2.35. The lowest BCUT2D eigenvalue weighted by atomic mass is 10.0. The molecule has 0 heterocycles. The van der Waals surface area contributed by atoms with Crippen molar-refractivity contribution in [2.45, 2.75) is 26.4 Å². The second kappa shape index (κ2) is 7.71. The maximum Gasteiger partial charge on any atom is 0.283 e. The largest absolute Gasteiger partial charge is 0.308 e. The third-order valence-electron chi connectivity index (χ3n) is 3.14. The highest BCUT2D eigenvalue weighted by molar-refractivity contribution is 9.10. The fraction of sp³-hybridized carbons (Fsp3) is 0.571. The molecule has 0 bridgehead atoms. The molecular weight excluding hydrogens is 322 g/mol. The molecule has 1 N–H and O–H groups in total. The molecule has 1 rings (SSSR count). The van der Waals surface area contributed by atoms with Gasteiger partial charge in [0.05, 0.1) is 9.40 Å². The lowest BCUT2D eigenvalue weighted by molar-refractivity contribution is -0.385. The van der Waals surface area contributed by atoms with Gasteiger partial charge in [0.25, 0.3) is 5.69 Å². The second-order valence-electron chi connectivity index (χ2n) is 5.54. The number of nitro benzene ring substituents is 1. The summed E-state index contributed by atoms with van der Waals surface area (Å²) >= 11 is 3.20. The number of nitrogens with one attached hydrogen (secondary N) is 1. The van der Waals surface area contributed by atoms with Crippen LogP contribution in [0.25, 0.3) is 0 Å². The van der Waals surface area contributed by atoms with Crippen molar-refractivity contribution >= 4 is 21.6 Å². The van der Waals surface area contributed by atoms with Crippen molar-refractivity contribution in [3.63, 3.8) is 0 Å². The first kappa shape index (κ1) is 17.1. The normalized spacial score (nSPS) is 12.9. The molecule has 5 nitrogen and oxygen atoms in total. The predicted octanol–water partition coefficient (Wildman–Crippen LogP) is 3.03. The van der Waals surface area contributed by atoms with Crippen LogP contribution in [0.2, 0.25) is 0 Å². The van der Waals surface area contributed by atoms with Crippen molar-refractivity contribution in [2.75, 3.05) is 20.6 Å². The number of hydrogen-bond acceptors (Lipinski definition) is 4. The number of nitrogens with zero attached hydrogens (tertiary/aromatic N) is 2. The Bertz CT molecular complexity index is 464. The van der Waals surface area contributed by atoms with E-state index < -0.39 is 0 Å². The maximum atomic E-state index is 10.9. The van der Waals surface area contributed by atoms with Gasteiger partial charge in [0.2, 0.25) is 0 Å². The van der Waals surface area contributed by atoms with Gasteiger partial charge in [-0.3, -0.25) is 10.1 Å². The van der Waals surface area contributed by atoms with Crippen molar-refractivity contribution in [3.8, 4) is 0 Å². The van der Waals surface area contributed by atoms with Gasteiger partial charge >= 0.3 is 0 Å². The molecule has 0 aliphatic rings. The van der Waals surface area contributed by atoms with Gasteiger partial charge in [-0.1, -0.05) is 19.9 Å². The van der Waals surface area contributed by atoms with E-state index >= 15 is 0 Å². The highest BCUT2D eigenvalue weighted by Crippen LogP contribution is 2.25. The third kappa shape index (κ3) is 5.19. The van der Waals surface area contributed by atoms with Gasteiger partial charge in [-0.15, -0.1) is 0 Å². The molecule has 0 spiro atoms. The zero-order valence-corrected chi connectivity index (χ0v) is 14.0. The molecule has 0 fully saturated rings. The van der Waals surface area contributed by atoms with E-state index in [9.17, 15) is 10.1 Å². The van der Waals surface area contributed by atoms with Gasteiger partial charge < -0.3 is 10.2 Å². The lowest BCUT2D eigenvalue weighted by Gasteiger charge is -2.25. The van der Waals surface area contributed by atoms with E-state index in [2.05, 4.69) is 40.0 Å². The van der Waals surface area contributed by atoms with Crippen molar-refractivity contribution in [1.82, 2.24) is 10.2 Å². The van der Waals surface area contributed by atoms with E-state index in [1.165, 1.54) is 0 Å². The first-order valence-electron chi connectivity index (χ1n) is 6.62. The van der Waals surface area contributed by atoms with Crippen molar-refractivity contribution in [2.24, 2.45) is 5.92 Å². The third-order valence-corrected chi connectivity index (χ3v) is 3.81. The number of benzene rings is 1. The first-order valence-corrected chi connectivity index (χ1v) is 7.41. The number of hydrogen-bond donors (Lipinski definition) is 1. The highest BCUT2D eigenvalue weighted by Gasteiger charge is 2.16. The van der Waals surface area contributed by atoms with Crippen LogP contribution >= 0.6 is 15.9 Å². The van der Waals surface area contributed by atoms with Crippen molar-refractivity contribution < 1.29 is 4.92 Å². The van der Waals surface area contributed by atoms with Gasteiger partial charge in [0.1, 0.15) is 0 Å². The summed E-state index contributed by atoms with van der Waals surface area (Å²) in [6, 6.07) is 5.60. The highest BCUT2D eigenvalue weighted by atomic mass is 79.9. The Hall–Kier alpha value is -0.980. The molecule has 0 aliphatic heterocycles. The van der Waals surface area contributed by atoms with E-state index in [1.54, 1.807) is 12.1 Å². The van der Waals surface area contributed by atoms with Crippen LogP contribution in [0.5, 0.6) is 0 Å². The summed E-state index contributed by atoms with van der Waals surface area (Å²) in [6.45, 7) is 5.91. The summed E-state index contributed by atoms with van der Waals surface area (Å²) in [6.07, 6.45) is 0. The summed E-state index contributed by atoms with van der Waals surface area (Å²) < 4.78 is 0.514. The van der Waals surface area contributed by atoms with E-state index in [1.807, 2.05) is 20.2 Å². The number of halogens is 1. The molecule has 0 aromatic heterocycles. The minimum Gasteiger partial charge on any atom is -0.308 e. The Morgan fingerprint density at radius 3 is 2.55 bits per heavy atom. The summed E-state index contributed by atoms with van der Waals surface area (Å²) in [4.78, 5) is 12.7. The molecule has 6 heteroatoms. The zero-order chi connectivity index (χ0) is 15.3. The van der Waals surface area contributed by atoms with E-state index in [0.29, 0.717) is 23.0 Å². The van der Waals surface area contributed by atoms with Crippen LogP contribution in [0.3, 0.4) is 0 Å². The molecule has 0 saturated carbocycles. The maximum absolute atomic E-state index is 10.9. The Balaban J connectivity index is 2.73. The van der Waals surface area contributed by atoms with Crippen LogP contribution in [0.1, 0.15) is 19.4 Å². The van der Waals surface area contributed by atoms with Crippen LogP contribution < -0.4 is 5.32 Å². The van der Waals surface area contributed by atoms with Crippen LogP contribution in [-0.2, 0) is 6.54 Å². The van der Waals surface area contributed by atoms with Gasteiger partial charge in [0, 0.05) is 25.2 Å². The van der Waals surface area contributed by atoms with Crippen LogP contribution in [0.15, 0.2) is 22.7 Å². The van der Waals surface area contributed by atoms with Crippen LogP contribution in [0, 0.1) is 16.0 Å². The van der Waals surface area contributed by atoms with Gasteiger partial charge in [-0.2, -0.15) is 0 Å². The molecular formula is C14H22BrN3O2. The molecule has 1 aromatic carbocycles. The minimum atomic E-state index is -0.368. The lowest BCUT2D eigenvalue weighted by Crippen LogP contribution is -2.41. The van der Waals surface area contributed by atoms with Gasteiger partial charge in [0.15, 0.2) is 0 Å². The van der Waals surface area contributed by atoms with Crippen LogP contribution in [0.4, 0.5) is 5.69 Å². The average Bonchev–Trinajstić information content (AvgIpc) is 2.34. The molecule has 0 radical (unpaired) electrons. The standard InChI is InChI=1S/C14H22BrN3O2/c1-10(2)13(9-17(3)4)16-8-11-5-6-12(15)14(7-11)18(19)20/h5-7,10,13,16H,8-9H2,1-4H3. The summed E-state index contributed by atoms with van der Waals surface area (Å²) in [5, 5.41) is 14.4. The first-order chi connectivity index (χ1) is 9.31. The topological polar surface area (TPSA) is 58.4 Å². The summed E-state index contributed by atoms with van der Waals surface area (Å²) in [5.74, 6) is 0.503. The van der Waals surface area contributed by atoms with Gasteiger partial charge in [-0.25, -0.2) is 0 Å². The van der Waals surface area contributed by atoms with Crippen LogP contribution in [-0.4, -0.2) is 36.5 Å². The number of nitro groups is 1. The smallest absolute Gasteiger partial charge is 0.283 e. The quantitative estimate of drug-likeness (QED) is 0.610. The molecule has 0 saturated heterocycles. The molecule has 1 unspecified atom stereocenters. The zero-order valence-electron chi connectivity index (χ0n) is 12.4. The molecule has 1 atom stereocenters. The van der Waals surface area contributed by atoms with E-state index in [0.717, 1.165) is 12.1 Å². The second-order valence-corrected chi connectivity index (χ2v) is 6.39. The molecule has 20 heavy (non-hydrogen) atoms. The monoisotopic (exact) mass is 343 g/mol. The number of rotatable bonds is 7. The number of likely N-dealkylation sites (N-methyl/N-ethyl adjacent to an activating group) is 1. The molecule has 112 valence electrons. The molecule has 0 amide bonds. The SMILES string of the molecule is CC(C)C(CN(C)C)NCc1ccc(Br)c([N+](=O)[O-])c1.